The van der Waals surface area contributed by atoms with E-state index in [9.17, 15) is 4.79 Å². The Balaban J connectivity index is 1.83. The van der Waals surface area contributed by atoms with Gasteiger partial charge in [0, 0.05) is 30.7 Å². The van der Waals surface area contributed by atoms with Gasteiger partial charge in [-0.05, 0) is 24.3 Å². The van der Waals surface area contributed by atoms with Crippen LogP contribution in [0.3, 0.4) is 0 Å². The number of carbonyl (C=O) groups excluding carboxylic acids is 1. The van der Waals surface area contributed by atoms with Gasteiger partial charge in [0.15, 0.2) is 0 Å². The summed E-state index contributed by atoms with van der Waals surface area (Å²) >= 11 is 0. The predicted molar refractivity (Wildman–Crippen MR) is 72.5 cm³/mol. The van der Waals surface area contributed by atoms with Crippen LogP contribution in [0.5, 0.6) is 0 Å². The standard InChI is InChI=1S/C15H18N2O/c1-10-7-11(10)9-17(2)15(18)13-8-16-14-6-4-3-5-12(13)14/h3-6,8,10-11,16H,7,9H2,1-2H3. The second-order valence-electron chi connectivity index (χ2n) is 5.41. The Bertz CT molecular complexity index is 587. The first kappa shape index (κ1) is 11.3. The third-order valence-corrected chi connectivity index (χ3v) is 3.95. The molecule has 18 heavy (non-hydrogen) atoms. The van der Waals surface area contributed by atoms with Gasteiger partial charge in [-0.25, -0.2) is 0 Å². The molecule has 1 aromatic carbocycles. The maximum absolute atomic E-state index is 12.4. The third kappa shape index (κ3) is 1.90. The average molecular weight is 242 g/mol. The number of H-pyrrole nitrogens is 1. The summed E-state index contributed by atoms with van der Waals surface area (Å²) in [6.07, 6.45) is 3.07. The van der Waals surface area contributed by atoms with Gasteiger partial charge >= 0.3 is 0 Å². The van der Waals surface area contributed by atoms with E-state index in [1.807, 2.05) is 42.4 Å². The number of rotatable bonds is 3. The Kier molecular flexibility index (Phi) is 2.62. The molecule has 2 aromatic rings. The van der Waals surface area contributed by atoms with E-state index in [1.54, 1.807) is 0 Å². The SMILES string of the molecule is CC1CC1CN(C)C(=O)c1c[nH]c2ccccc12. The normalized spacial score (nSPS) is 22.1. The Morgan fingerprint density at radius 2 is 2.17 bits per heavy atom. The van der Waals surface area contributed by atoms with Crippen molar-refractivity contribution in [1.82, 2.24) is 9.88 Å². The van der Waals surface area contributed by atoms with Crippen LogP contribution in [0.25, 0.3) is 10.9 Å². The van der Waals surface area contributed by atoms with Crippen LogP contribution in [0.2, 0.25) is 0 Å². The van der Waals surface area contributed by atoms with E-state index in [2.05, 4.69) is 11.9 Å². The lowest BCUT2D eigenvalue weighted by molar-refractivity contribution is 0.0789. The summed E-state index contributed by atoms with van der Waals surface area (Å²) in [4.78, 5) is 17.4. The molecule has 1 heterocycles. The van der Waals surface area contributed by atoms with E-state index in [1.165, 1.54) is 6.42 Å². The first-order valence-electron chi connectivity index (χ1n) is 6.48. The number of hydrogen-bond acceptors (Lipinski definition) is 1. The number of nitrogens with zero attached hydrogens (tertiary/aromatic N) is 1. The van der Waals surface area contributed by atoms with Gasteiger partial charge in [0.1, 0.15) is 0 Å². The molecule has 1 fully saturated rings. The monoisotopic (exact) mass is 242 g/mol. The Hall–Kier alpha value is -1.77. The van der Waals surface area contributed by atoms with E-state index in [0.29, 0.717) is 5.92 Å². The molecule has 0 saturated heterocycles. The van der Waals surface area contributed by atoms with Crippen LogP contribution in [0.4, 0.5) is 0 Å². The molecule has 1 aliphatic rings. The third-order valence-electron chi connectivity index (χ3n) is 3.95. The molecule has 2 unspecified atom stereocenters. The highest BCUT2D eigenvalue weighted by Crippen LogP contribution is 2.38. The highest BCUT2D eigenvalue weighted by Gasteiger charge is 2.34. The predicted octanol–water partition coefficient (Wildman–Crippen LogP) is 2.90. The van der Waals surface area contributed by atoms with Crippen LogP contribution in [-0.2, 0) is 0 Å². The molecule has 1 aliphatic carbocycles. The number of carbonyl (C=O) groups is 1. The highest BCUT2D eigenvalue weighted by atomic mass is 16.2. The Labute approximate surface area is 107 Å². The summed E-state index contributed by atoms with van der Waals surface area (Å²) in [5.41, 5.74) is 1.80. The number of benzene rings is 1. The fourth-order valence-corrected chi connectivity index (χ4v) is 2.54. The first-order chi connectivity index (χ1) is 8.66. The topological polar surface area (TPSA) is 36.1 Å². The summed E-state index contributed by atoms with van der Waals surface area (Å²) in [5.74, 6) is 1.60. The van der Waals surface area contributed by atoms with Gasteiger partial charge in [-0.15, -0.1) is 0 Å². The van der Waals surface area contributed by atoms with Crippen molar-refractivity contribution in [2.24, 2.45) is 11.8 Å². The van der Waals surface area contributed by atoms with Crippen molar-refractivity contribution < 1.29 is 4.79 Å². The zero-order valence-corrected chi connectivity index (χ0v) is 10.8. The van der Waals surface area contributed by atoms with Crippen LogP contribution in [0, 0.1) is 11.8 Å². The summed E-state index contributed by atoms with van der Waals surface area (Å²) < 4.78 is 0. The van der Waals surface area contributed by atoms with Gasteiger partial charge in [-0.3, -0.25) is 4.79 Å². The van der Waals surface area contributed by atoms with Crippen molar-refractivity contribution in [3.63, 3.8) is 0 Å². The lowest BCUT2D eigenvalue weighted by atomic mass is 10.1. The molecule has 1 amide bonds. The molecule has 0 spiro atoms. The summed E-state index contributed by atoms with van der Waals surface area (Å²) in [5, 5.41) is 1.01. The van der Waals surface area contributed by atoms with E-state index in [0.717, 1.165) is 28.9 Å². The van der Waals surface area contributed by atoms with Gasteiger partial charge in [-0.2, -0.15) is 0 Å². The van der Waals surface area contributed by atoms with Crippen LogP contribution < -0.4 is 0 Å². The van der Waals surface area contributed by atoms with Gasteiger partial charge < -0.3 is 9.88 Å². The summed E-state index contributed by atoms with van der Waals surface area (Å²) in [6.45, 7) is 3.12. The number of fused-ring (bicyclic) bond motifs is 1. The largest absolute Gasteiger partial charge is 0.360 e. The van der Waals surface area contributed by atoms with Gasteiger partial charge in [0.2, 0.25) is 0 Å². The zero-order valence-electron chi connectivity index (χ0n) is 10.8. The van der Waals surface area contributed by atoms with Gasteiger partial charge in [-0.1, -0.05) is 25.1 Å². The van der Waals surface area contributed by atoms with Crippen molar-refractivity contribution in [3.05, 3.63) is 36.0 Å². The molecular formula is C15H18N2O. The molecule has 3 nitrogen and oxygen atoms in total. The maximum Gasteiger partial charge on any atom is 0.255 e. The van der Waals surface area contributed by atoms with Gasteiger partial charge in [0.05, 0.1) is 5.56 Å². The molecule has 2 atom stereocenters. The zero-order chi connectivity index (χ0) is 12.7. The minimum absolute atomic E-state index is 0.117. The summed E-state index contributed by atoms with van der Waals surface area (Å²) in [6, 6.07) is 7.93. The quantitative estimate of drug-likeness (QED) is 0.882. The molecule has 1 saturated carbocycles. The first-order valence-corrected chi connectivity index (χ1v) is 6.48. The molecule has 0 bridgehead atoms. The smallest absolute Gasteiger partial charge is 0.255 e. The number of amides is 1. The van der Waals surface area contributed by atoms with Crippen molar-refractivity contribution in [2.45, 2.75) is 13.3 Å². The fourth-order valence-electron chi connectivity index (χ4n) is 2.54. The highest BCUT2D eigenvalue weighted by molar-refractivity contribution is 6.06. The van der Waals surface area contributed by atoms with E-state index < -0.39 is 0 Å². The van der Waals surface area contributed by atoms with E-state index >= 15 is 0 Å². The Morgan fingerprint density at radius 3 is 2.89 bits per heavy atom. The van der Waals surface area contributed by atoms with Crippen LogP contribution in [0.15, 0.2) is 30.5 Å². The van der Waals surface area contributed by atoms with Crippen molar-refractivity contribution in [1.29, 1.82) is 0 Å². The van der Waals surface area contributed by atoms with Crippen LogP contribution in [-0.4, -0.2) is 29.4 Å². The summed E-state index contributed by atoms with van der Waals surface area (Å²) in [7, 11) is 1.90. The lowest BCUT2D eigenvalue weighted by Gasteiger charge is -2.16. The molecule has 1 aromatic heterocycles. The number of hydrogen-bond donors (Lipinski definition) is 1. The molecule has 3 heteroatoms. The maximum atomic E-state index is 12.4. The molecule has 3 rings (SSSR count). The number of aromatic nitrogens is 1. The van der Waals surface area contributed by atoms with E-state index in [4.69, 9.17) is 0 Å². The van der Waals surface area contributed by atoms with Crippen LogP contribution in [0.1, 0.15) is 23.7 Å². The second kappa shape index (κ2) is 4.16. The molecule has 94 valence electrons. The molecule has 0 radical (unpaired) electrons. The fraction of sp³-hybridized carbons (Fsp3) is 0.400. The Morgan fingerprint density at radius 1 is 1.44 bits per heavy atom. The van der Waals surface area contributed by atoms with E-state index in [-0.39, 0.29) is 5.91 Å². The molecule has 0 aliphatic heterocycles. The molecule has 1 N–H and O–H groups in total. The molecular weight excluding hydrogens is 224 g/mol. The number of nitrogens with one attached hydrogen (secondary N) is 1. The minimum Gasteiger partial charge on any atom is -0.360 e. The van der Waals surface area contributed by atoms with Crippen molar-refractivity contribution in [3.8, 4) is 0 Å². The van der Waals surface area contributed by atoms with Gasteiger partial charge in [0.25, 0.3) is 5.91 Å². The number of aromatic amines is 1. The second-order valence-corrected chi connectivity index (χ2v) is 5.41. The number of para-hydroxylation sites is 1. The van der Waals surface area contributed by atoms with Crippen molar-refractivity contribution in [2.75, 3.05) is 13.6 Å². The lowest BCUT2D eigenvalue weighted by Crippen LogP contribution is -2.28. The minimum atomic E-state index is 0.117. The van der Waals surface area contributed by atoms with Crippen molar-refractivity contribution >= 4 is 16.8 Å². The average Bonchev–Trinajstić information content (AvgIpc) is 2.92. The van der Waals surface area contributed by atoms with Crippen LogP contribution >= 0.6 is 0 Å².